The van der Waals surface area contributed by atoms with E-state index in [-0.39, 0.29) is 34.9 Å². The molecule has 1 aliphatic heterocycles. The molecule has 1 amide bonds. The molecule has 0 bridgehead atoms. The molecule has 0 aromatic heterocycles. The zero-order valence-corrected chi connectivity index (χ0v) is 15.7. The number of sulfonamides is 1. The third kappa shape index (κ3) is 3.48. The van der Waals surface area contributed by atoms with Crippen molar-refractivity contribution in [1.82, 2.24) is 9.21 Å². The lowest BCUT2D eigenvalue weighted by Gasteiger charge is -2.38. The van der Waals surface area contributed by atoms with E-state index >= 15 is 0 Å². The second-order valence-electron chi connectivity index (χ2n) is 7.29. The van der Waals surface area contributed by atoms with Crippen LogP contribution in [0.5, 0.6) is 0 Å². The molecular formula is C18H24N2O5S. The van der Waals surface area contributed by atoms with Crippen LogP contribution in [0.2, 0.25) is 0 Å². The number of hydrogen-bond acceptors (Lipinski definition) is 4. The Bertz CT molecular complexity index is 789. The van der Waals surface area contributed by atoms with E-state index in [2.05, 4.69) is 0 Å². The van der Waals surface area contributed by atoms with Gasteiger partial charge in [0.15, 0.2) is 0 Å². The Morgan fingerprint density at radius 1 is 1.00 bits per heavy atom. The van der Waals surface area contributed by atoms with E-state index in [0.717, 1.165) is 25.7 Å². The molecule has 7 nitrogen and oxygen atoms in total. The first kappa shape index (κ1) is 18.8. The van der Waals surface area contributed by atoms with Gasteiger partial charge in [0.2, 0.25) is 15.9 Å². The number of aromatic carboxylic acids is 1. The SMILES string of the molecule is CC1(C(=O)N2CCN(S(=O)(=O)c3ccc(C(=O)O)cc3)CC2)CCCC1. The highest BCUT2D eigenvalue weighted by molar-refractivity contribution is 7.89. The number of carbonyl (C=O) groups excluding carboxylic acids is 1. The van der Waals surface area contributed by atoms with Gasteiger partial charge in [0.05, 0.1) is 10.5 Å². The van der Waals surface area contributed by atoms with Crippen LogP contribution in [0, 0.1) is 5.41 Å². The molecule has 0 spiro atoms. The first-order valence-electron chi connectivity index (χ1n) is 8.87. The van der Waals surface area contributed by atoms with Crippen LogP contribution in [0.25, 0.3) is 0 Å². The Balaban J connectivity index is 1.67. The Labute approximate surface area is 153 Å². The fourth-order valence-corrected chi connectivity index (χ4v) is 5.22. The lowest BCUT2D eigenvalue weighted by atomic mass is 9.87. The predicted octanol–water partition coefficient (Wildman–Crippen LogP) is 1.80. The Hall–Kier alpha value is -1.93. The van der Waals surface area contributed by atoms with E-state index in [0.29, 0.717) is 13.1 Å². The summed E-state index contributed by atoms with van der Waals surface area (Å²) in [5.41, 5.74) is -0.252. The molecule has 0 unspecified atom stereocenters. The molecule has 1 N–H and O–H groups in total. The number of amides is 1. The summed E-state index contributed by atoms with van der Waals surface area (Å²) in [5.74, 6) is -0.959. The number of carboxylic acids is 1. The van der Waals surface area contributed by atoms with E-state index in [1.54, 1.807) is 4.90 Å². The normalized spacial score (nSPS) is 20.9. The second-order valence-corrected chi connectivity index (χ2v) is 9.23. The van der Waals surface area contributed by atoms with Gasteiger partial charge in [-0.05, 0) is 37.1 Å². The van der Waals surface area contributed by atoms with Gasteiger partial charge in [-0.1, -0.05) is 19.8 Å². The molecule has 0 atom stereocenters. The first-order chi connectivity index (χ1) is 12.2. The molecule has 26 heavy (non-hydrogen) atoms. The quantitative estimate of drug-likeness (QED) is 0.859. The predicted molar refractivity (Wildman–Crippen MR) is 95.3 cm³/mol. The van der Waals surface area contributed by atoms with Gasteiger partial charge in [-0.3, -0.25) is 4.79 Å². The molecule has 1 aromatic carbocycles. The van der Waals surface area contributed by atoms with Crippen molar-refractivity contribution in [3.8, 4) is 0 Å². The molecule has 142 valence electrons. The zero-order chi connectivity index (χ0) is 18.9. The molecule has 1 saturated carbocycles. The maximum atomic E-state index is 12.8. The van der Waals surface area contributed by atoms with Gasteiger partial charge in [0.25, 0.3) is 0 Å². The molecule has 1 saturated heterocycles. The second kappa shape index (κ2) is 7.00. The maximum absolute atomic E-state index is 12.8. The Morgan fingerprint density at radius 2 is 1.54 bits per heavy atom. The number of benzene rings is 1. The summed E-state index contributed by atoms with van der Waals surface area (Å²) in [6, 6.07) is 5.21. The number of rotatable bonds is 4. The van der Waals surface area contributed by atoms with Crippen molar-refractivity contribution in [2.24, 2.45) is 5.41 Å². The molecule has 2 aliphatic rings. The summed E-state index contributed by atoms with van der Waals surface area (Å²) in [6.45, 7) is 3.30. The lowest BCUT2D eigenvalue weighted by Crippen LogP contribution is -2.53. The van der Waals surface area contributed by atoms with E-state index < -0.39 is 16.0 Å². The molecule has 1 aromatic rings. The minimum Gasteiger partial charge on any atom is -0.478 e. The van der Waals surface area contributed by atoms with Gasteiger partial charge >= 0.3 is 5.97 Å². The molecule has 8 heteroatoms. The zero-order valence-electron chi connectivity index (χ0n) is 14.8. The van der Waals surface area contributed by atoms with E-state index in [4.69, 9.17) is 5.11 Å². The minimum absolute atomic E-state index is 0.0455. The van der Waals surface area contributed by atoms with Crippen LogP contribution in [0.1, 0.15) is 43.0 Å². The maximum Gasteiger partial charge on any atom is 0.335 e. The van der Waals surface area contributed by atoms with Crippen molar-refractivity contribution in [3.63, 3.8) is 0 Å². The monoisotopic (exact) mass is 380 g/mol. The number of piperazine rings is 1. The summed E-state index contributed by atoms with van der Waals surface area (Å²) in [4.78, 5) is 25.5. The van der Waals surface area contributed by atoms with Crippen molar-refractivity contribution < 1.29 is 23.1 Å². The van der Waals surface area contributed by atoms with Crippen LogP contribution in [0.15, 0.2) is 29.2 Å². The van der Waals surface area contributed by atoms with Gasteiger partial charge in [-0.2, -0.15) is 4.31 Å². The fraction of sp³-hybridized carbons (Fsp3) is 0.556. The molecule has 3 rings (SSSR count). The highest BCUT2D eigenvalue weighted by Gasteiger charge is 2.40. The highest BCUT2D eigenvalue weighted by Crippen LogP contribution is 2.39. The summed E-state index contributed by atoms with van der Waals surface area (Å²) >= 11 is 0. The molecule has 2 fully saturated rings. The van der Waals surface area contributed by atoms with Gasteiger partial charge in [-0.15, -0.1) is 0 Å². The molecule has 1 heterocycles. The summed E-state index contributed by atoms with van der Waals surface area (Å²) in [5, 5.41) is 8.92. The van der Waals surface area contributed by atoms with Crippen LogP contribution in [-0.4, -0.2) is 60.8 Å². The third-order valence-corrected chi connectivity index (χ3v) is 7.40. The van der Waals surface area contributed by atoms with Crippen LogP contribution >= 0.6 is 0 Å². The van der Waals surface area contributed by atoms with Crippen molar-refractivity contribution in [1.29, 1.82) is 0 Å². The van der Waals surface area contributed by atoms with Gasteiger partial charge in [-0.25, -0.2) is 13.2 Å². The van der Waals surface area contributed by atoms with Gasteiger partial charge < -0.3 is 10.0 Å². The van der Waals surface area contributed by atoms with Crippen molar-refractivity contribution in [2.45, 2.75) is 37.5 Å². The third-order valence-electron chi connectivity index (χ3n) is 5.49. The van der Waals surface area contributed by atoms with Crippen LogP contribution in [-0.2, 0) is 14.8 Å². The van der Waals surface area contributed by atoms with Crippen molar-refractivity contribution >= 4 is 21.9 Å². The largest absolute Gasteiger partial charge is 0.478 e. The van der Waals surface area contributed by atoms with Crippen molar-refractivity contribution in [3.05, 3.63) is 29.8 Å². The van der Waals surface area contributed by atoms with E-state index in [1.807, 2.05) is 6.92 Å². The average molecular weight is 380 g/mol. The fourth-order valence-electron chi connectivity index (χ4n) is 3.80. The molecule has 1 aliphatic carbocycles. The summed E-state index contributed by atoms with van der Waals surface area (Å²) in [6.07, 6.45) is 3.95. The van der Waals surface area contributed by atoms with E-state index in [1.165, 1.54) is 28.6 Å². The lowest BCUT2D eigenvalue weighted by molar-refractivity contribution is -0.142. The Morgan fingerprint density at radius 3 is 2.04 bits per heavy atom. The minimum atomic E-state index is -3.69. The van der Waals surface area contributed by atoms with Gasteiger partial charge in [0, 0.05) is 31.6 Å². The highest BCUT2D eigenvalue weighted by atomic mass is 32.2. The first-order valence-corrected chi connectivity index (χ1v) is 10.3. The van der Waals surface area contributed by atoms with Crippen LogP contribution in [0.4, 0.5) is 0 Å². The summed E-state index contributed by atoms with van der Waals surface area (Å²) in [7, 11) is -3.69. The summed E-state index contributed by atoms with van der Waals surface area (Å²) < 4.78 is 26.8. The molecule has 0 radical (unpaired) electrons. The number of carbonyl (C=O) groups is 2. The van der Waals surface area contributed by atoms with Gasteiger partial charge in [0.1, 0.15) is 0 Å². The smallest absolute Gasteiger partial charge is 0.335 e. The van der Waals surface area contributed by atoms with E-state index in [9.17, 15) is 18.0 Å². The van der Waals surface area contributed by atoms with Crippen LogP contribution < -0.4 is 0 Å². The van der Waals surface area contributed by atoms with Crippen molar-refractivity contribution in [2.75, 3.05) is 26.2 Å². The average Bonchev–Trinajstić information content (AvgIpc) is 3.09. The number of carboxylic acid groups (broad SMARTS) is 1. The number of nitrogens with zero attached hydrogens (tertiary/aromatic N) is 2. The standard InChI is InChI=1S/C18H24N2O5S/c1-18(8-2-3-9-18)17(23)19-10-12-20(13-11-19)26(24,25)15-6-4-14(5-7-15)16(21)22/h4-7H,2-3,8-13H2,1H3,(H,21,22). The topological polar surface area (TPSA) is 95.0 Å². The molecular weight excluding hydrogens is 356 g/mol. The Kier molecular flexibility index (Phi) is 5.07. The number of hydrogen-bond donors (Lipinski definition) is 1. The van der Waals surface area contributed by atoms with Crippen LogP contribution in [0.3, 0.4) is 0 Å².